The van der Waals surface area contributed by atoms with Crippen molar-refractivity contribution in [3.8, 4) is 11.8 Å². The highest BCUT2D eigenvalue weighted by Gasteiger charge is 2.19. The SMILES string of the molecule is Cc1cc2c(C)c(Oc3nc(Nc4ncc(Cl)s4)cc(N4CCN(C)CC4)n3)ccc2[nH]1. The molecule has 5 rings (SSSR count). The fourth-order valence-corrected chi connectivity index (χ4v) is 4.64. The quantitative estimate of drug-likeness (QED) is 0.427. The number of H-pyrrole nitrogens is 1. The molecule has 2 N–H and O–H groups in total. The second kappa shape index (κ2) is 8.57. The molecule has 1 aliphatic rings. The van der Waals surface area contributed by atoms with Gasteiger partial charge in [0, 0.05) is 54.4 Å². The summed E-state index contributed by atoms with van der Waals surface area (Å²) in [5, 5.41) is 5.04. The predicted octanol–water partition coefficient (Wildman–Crippen LogP) is 4.97. The number of fused-ring (bicyclic) bond motifs is 1. The van der Waals surface area contributed by atoms with E-state index in [9.17, 15) is 0 Å². The number of aromatic nitrogens is 4. The van der Waals surface area contributed by atoms with Gasteiger partial charge in [-0.25, -0.2) is 4.98 Å². The second-order valence-electron chi connectivity index (χ2n) is 7.98. The molecule has 0 radical (unpaired) electrons. The van der Waals surface area contributed by atoms with E-state index in [0.29, 0.717) is 21.3 Å². The maximum Gasteiger partial charge on any atom is 0.325 e. The van der Waals surface area contributed by atoms with Crippen molar-refractivity contribution in [3.63, 3.8) is 0 Å². The topological polar surface area (TPSA) is 82.2 Å². The molecule has 0 unspecified atom stereocenters. The van der Waals surface area contributed by atoms with Crippen LogP contribution in [-0.2, 0) is 0 Å². The molecule has 0 bridgehead atoms. The molecule has 0 atom stereocenters. The van der Waals surface area contributed by atoms with Crippen molar-refractivity contribution in [1.29, 1.82) is 0 Å². The molecule has 10 heteroatoms. The van der Waals surface area contributed by atoms with E-state index < -0.39 is 0 Å². The van der Waals surface area contributed by atoms with Crippen molar-refractivity contribution >= 4 is 50.6 Å². The van der Waals surface area contributed by atoms with Gasteiger partial charge >= 0.3 is 6.01 Å². The number of likely N-dealkylation sites (N-methyl/N-ethyl adjacent to an activating group) is 1. The zero-order chi connectivity index (χ0) is 22.2. The molecule has 8 nitrogen and oxygen atoms in total. The molecule has 0 saturated carbocycles. The predicted molar refractivity (Wildman–Crippen MR) is 130 cm³/mol. The molecule has 1 aliphatic heterocycles. The Bertz CT molecular complexity index is 1260. The van der Waals surface area contributed by atoms with Crippen LogP contribution in [0, 0.1) is 13.8 Å². The highest BCUT2D eigenvalue weighted by molar-refractivity contribution is 7.19. The highest BCUT2D eigenvalue weighted by atomic mass is 35.5. The van der Waals surface area contributed by atoms with Gasteiger partial charge in [-0.05, 0) is 39.1 Å². The number of nitrogens with zero attached hydrogens (tertiary/aromatic N) is 5. The van der Waals surface area contributed by atoms with E-state index in [4.69, 9.17) is 21.3 Å². The van der Waals surface area contributed by atoms with E-state index in [1.165, 1.54) is 11.3 Å². The van der Waals surface area contributed by atoms with Crippen LogP contribution in [0.15, 0.2) is 30.5 Å². The Morgan fingerprint density at radius 3 is 2.69 bits per heavy atom. The van der Waals surface area contributed by atoms with Gasteiger partial charge in [-0.2, -0.15) is 9.97 Å². The molecule has 166 valence electrons. The summed E-state index contributed by atoms with van der Waals surface area (Å²) in [6.07, 6.45) is 1.62. The average molecular weight is 470 g/mol. The number of rotatable bonds is 5. The third-order valence-corrected chi connectivity index (χ3v) is 6.62. The molecule has 1 aromatic carbocycles. The van der Waals surface area contributed by atoms with Crippen molar-refractivity contribution in [2.24, 2.45) is 0 Å². The summed E-state index contributed by atoms with van der Waals surface area (Å²) in [7, 11) is 2.13. The zero-order valence-corrected chi connectivity index (χ0v) is 19.7. The van der Waals surface area contributed by atoms with Crippen molar-refractivity contribution in [2.75, 3.05) is 43.4 Å². The Hall–Kier alpha value is -2.88. The summed E-state index contributed by atoms with van der Waals surface area (Å²) in [5.74, 6) is 2.17. The summed E-state index contributed by atoms with van der Waals surface area (Å²) in [6.45, 7) is 7.84. The first-order chi connectivity index (χ1) is 15.4. The van der Waals surface area contributed by atoms with E-state index in [-0.39, 0.29) is 0 Å². The first-order valence-electron chi connectivity index (χ1n) is 10.4. The van der Waals surface area contributed by atoms with Crippen molar-refractivity contribution in [3.05, 3.63) is 46.1 Å². The number of benzene rings is 1. The number of thiazole rings is 1. The van der Waals surface area contributed by atoms with Crippen LogP contribution < -0.4 is 15.0 Å². The van der Waals surface area contributed by atoms with Gasteiger partial charge in [0.1, 0.15) is 21.7 Å². The summed E-state index contributed by atoms with van der Waals surface area (Å²) in [4.78, 5) is 21.5. The molecule has 1 saturated heterocycles. The fraction of sp³-hybridized carbons (Fsp3) is 0.318. The molecule has 0 spiro atoms. The van der Waals surface area contributed by atoms with Crippen molar-refractivity contribution in [2.45, 2.75) is 13.8 Å². The highest BCUT2D eigenvalue weighted by Crippen LogP contribution is 2.32. The lowest BCUT2D eigenvalue weighted by Crippen LogP contribution is -2.44. The molecule has 3 aromatic heterocycles. The summed E-state index contributed by atoms with van der Waals surface area (Å²) in [5.41, 5.74) is 3.24. The lowest BCUT2D eigenvalue weighted by Gasteiger charge is -2.33. The number of halogens is 1. The van der Waals surface area contributed by atoms with Crippen molar-refractivity contribution < 1.29 is 4.74 Å². The number of nitrogens with one attached hydrogen (secondary N) is 2. The molecule has 4 aromatic rings. The number of hydrogen-bond acceptors (Lipinski definition) is 8. The lowest BCUT2D eigenvalue weighted by atomic mass is 10.1. The van der Waals surface area contributed by atoms with E-state index in [2.05, 4.69) is 43.2 Å². The monoisotopic (exact) mass is 469 g/mol. The molecular formula is C22H24ClN7OS. The van der Waals surface area contributed by atoms with Gasteiger partial charge in [-0.1, -0.05) is 22.9 Å². The Morgan fingerprint density at radius 2 is 1.94 bits per heavy atom. The standard InChI is InChI=1S/C22H24ClN7OS/c1-13-10-15-14(2)17(5-4-16(15)25-13)31-21-26-19(27-22-24-12-18(23)32-22)11-20(28-21)30-8-6-29(3)7-9-30/h4-5,10-12,25H,6-9H2,1-3H3,(H,24,26,27,28). The number of aryl methyl sites for hydroxylation is 2. The molecule has 0 amide bonds. The number of aromatic amines is 1. The number of anilines is 3. The maximum atomic E-state index is 6.21. The summed E-state index contributed by atoms with van der Waals surface area (Å²) >= 11 is 7.40. The van der Waals surface area contributed by atoms with Gasteiger partial charge in [0.15, 0.2) is 5.13 Å². The Labute approximate surface area is 195 Å². The van der Waals surface area contributed by atoms with Gasteiger partial charge in [0.25, 0.3) is 0 Å². The van der Waals surface area contributed by atoms with Gasteiger partial charge in [0.05, 0.1) is 6.20 Å². The Balaban J connectivity index is 1.49. The van der Waals surface area contributed by atoms with E-state index in [0.717, 1.165) is 59.9 Å². The van der Waals surface area contributed by atoms with E-state index in [1.54, 1.807) is 6.20 Å². The normalized spacial score (nSPS) is 14.8. The van der Waals surface area contributed by atoms with Crippen LogP contribution in [0.2, 0.25) is 4.34 Å². The fourth-order valence-electron chi connectivity index (χ4n) is 3.82. The molecular weight excluding hydrogens is 446 g/mol. The summed E-state index contributed by atoms with van der Waals surface area (Å²) in [6, 6.07) is 8.32. The van der Waals surface area contributed by atoms with Gasteiger partial charge in [-0.3, -0.25) is 0 Å². The summed E-state index contributed by atoms with van der Waals surface area (Å²) < 4.78 is 6.82. The van der Waals surface area contributed by atoms with Crippen molar-refractivity contribution in [1.82, 2.24) is 24.8 Å². The van der Waals surface area contributed by atoms with Gasteiger partial charge < -0.3 is 24.8 Å². The zero-order valence-electron chi connectivity index (χ0n) is 18.1. The molecule has 4 heterocycles. The average Bonchev–Trinajstić information content (AvgIpc) is 3.35. The number of piperazine rings is 1. The molecule has 32 heavy (non-hydrogen) atoms. The minimum Gasteiger partial charge on any atom is -0.424 e. The maximum absolute atomic E-state index is 6.21. The lowest BCUT2D eigenvalue weighted by molar-refractivity contribution is 0.311. The smallest absolute Gasteiger partial charge is 0.325 e. The van der Waals surface area contributed by atoms with Gasteiger partial charge in [-0.15, -0.1) is 0 Å². The van der Waals surface area contributed by atoms with Crippen LogP contribution in [-0.4, -0.2) is 58.1 Å². The largest absolute Gasteiger partial charge is 0.424 e. The van der Waals surface area contributed by atoms with Crippen LogP contribution in [0.1, 0.15) is 11.3 Å². The van der Waals surface area contributed by atoms with Crippen LogP contribution in [0.5, 0.6) is 11.8 Å². The third-order valence-electron chi connectivity index (χ3n) is 5.59. The Morgan fingerprint density at radius 1 is 1.12 bits per heavy atom. The minimum absolute atomic E-state index is 0.293. The number of hydrogen-bond donors (Lipinski definition) is 2. The Kier molecular flexibility index (Phi) is 5.62. The van der Waals surface area contributed by atoms with Crippen LogP contribution in [0.25, 0.3) is 10.9 Å². The van der Waals surface area contributed by atoms with Crippen LogP contribution in [0.3, 0.4) is 0 Å². The minimum atomic E-state index is 0.293. The third kappa shape index (κ3) is 4.36. The number of ether oxygens (including phenoxy) is 1. The first-order valence-corrected chi connectivity index (χ1v) is 11.6. The molecule has 1 fully saturated rings. The van der Waals surface area contributed by atoms with Crippen LogP contribution in [0.4, 0.5) is 16.8 Å². The van der Waals surface area contributed by atoms with E-state index in [1.807, 2.05) is 32.0 Å². The second-order valence-corrected chi connectivity index (χ2v) is 9.65. The van der Waals surface area contributed by atoms with E-state index >= 15 is 0 Å². The first kappa shape index (κ1) is 21.0. The molecule has 0 aliphatic carbocycles. The van der Waals surface area contributed by atoms with Gasteiger partial charge in [0.2, 0.25) is 0 Å². The van der Waals surface area contributed by atoms with Crippen LogP contribution >= 0.6 is 22.9 Å².